The van der Waals surface area contributed by atoms with E-state index in [-0.39, 0.29) is 5.41 Å². The molecular weight excluding hydrogens is 222 g/mol. The fraction of sp³-hybridized carbons (Fsp3) is 0.562. The molecule has 0 aromatic heterocycles. The van der Waals surface area contributed by atoms with Gasteiger partial charge in [0.15, 0.2) is 5.78 Å². The van der Waals surface area contributed by atoms with Gasteiger partial charge < -0.3 is 5.32 Å². The Morgan fingerprint density at radius 1 is 1.39 bits per heavy atom. The minimum Gasteiger partial charge on any atom is -0.316 e. The Hall–Kier alpha value is -1.15. The zero-order chi connectivity index (χ0) is 12.6. The van der Waals surface area contributed by atoms with E-state index in [2.05, 4.69) is 24.4 Å². The van der Waals surface area contributed by atoms with Gasteiger partial charge in [-0.3, -0.25) is 4.79 Å². The van der Waals surface area contributed by atoms with Gasteiger partial charge in [-0.05, 0) is 43.4 Å². The Labute approximate surface area is 109 Å². The van der Waals surface area contributed by atoms with Crippen LogP contribution in [0.5, 0.6) is 0 Å². The number of hydrogen-bond donors (Lipinski definition) is 1. The van der Waals surface area contributed by atoms with Crippen LogP contribution >= 0.6 is 0 Å². The highest BCUT2D eigenvalue weighted by Gasteiger charge is 2.36. The molecule has 2 fully saturated rings. The van der Waals surface area contributed by atoms with E-state index in [1.807, 2.05) is 12.1 Å². The fourth-order valence-electron chi connectivity index (χ4n) is 3.03. The van der Waals surface area contributed by atoms with Crippen LogP contribution in [-0.4, -0.2) is 18.9 Å². The van der Waals surface area contributed by atoms with E-state index in [4.69, 9.17) is 0 Å². The molecule has 1 N–H and O–H groups in total. The van der Waals surface area contributed by atoms with Gasteiger partial charge >= 0.3 is 0 Å². The van der Waals surface area contributed by atoms with Gasteiger partial charge in [0.2, 0.25) is 0 Å². The molecule has 1 saturated carbocycles. The number of carbonyl (C=O) groups is 1. The first-order valence-corrected chi connectivity index (χ1v) is 7.04. The molecule has 1 atom stereocenters. The Kier molecular flexibility index (Phi) is 2.98. The lowest BCUT2D eigenvalue weighted by atomic mass is 9.77. The molecule has 1 heterocycles. The topological polar surface area (TPSA) is 29.1 Å². The monoisotopic (exact) mass is 243 g/mol. The van der Waals surface area contributed by atoms with E-state index in [9.17, 15) is 4.79 Å². The van der Waals surface area contributed by atoms with Gasteiger partial charge in [-0.25, -0.2) is 0 Å². The highest BCUT2D eigenvalue weighted by molar-refractivity contribution is 6.00. The van der Waals surface area contributed by atoms with Crippen LogP contribution in [-0.2, 0) is 0 Å². The zero-order valence-electron chi connectivity index (χ0n) is 11.0. The summed E-state index contributed by atoms with van der Waals surface area (Å²) in [5.41, 5.74) is 2.07. The van der Waals surface area contributed by atoms with Crippen LogP contribution in [0.15, 0.2) is 24.3 Å². The molecule has 1 unspecified atom stereocenters. The first kappa shape index (κ1) is 11.9. The van der Waals surface area contributed by atoms with Gasteiger partial charge in [0.25, 0.3) is 0 Å². The molecule has 1 aromatic rings. The molecule has 0 radical (unpaired) electrons. The van der Waals surface area contributed by atoms with Crippen LogP contribution in [0.3, 0.4) is 0 Å². The summed E-state index contributed by atoms with van der Waals surface area (Å²) < 4.78 is 0. The average molecular weight is 243 g/mol. The third kappa shape index (κ3) is 1.99. The lowest BCUT2D eigenvalue weighted by Crippen LogP contribution is -2.30. The van der Waals surface area contributed by atoms with Crippen molar-refractivity contribution in [2.24, 2.45) is 5.41 Å². The third-order valence-electron chi connectivity index (χ3n) is 4.64. The summed E-state index contributed by atoms with van der Waals surface area (Å²) in [5, 5.41) is 3.30. The lowest BCUT2D eigenvalue weighted by molar-refractivity contribution is 0.0839. The van der Waals surface area contributed by atoms with E-state index in [0.717, 1.165) is 25.1 Å². The number of ketones is 1. The summed E-state index contributed by atoms with van der Waals surface area (Å²) in [4.78, 5) is 12.6. The number of nitrogens with one attached hydrogen (secondary N) is 1. The van der Waals surface area contributed by atoms with E-state index < -0.39 is 0 Å². The number of rotatable bonds is 3. The van der Waals surface area contributed by atoms with Crippen molar-refractivity contribution in [1.29, 1.82) is 0 Å². The van der Waals surface area contributed by atoms with Crippen LogP contribution in [0.2, 0.25) is 0 Å². The van der Waals surface area contributed by atoms with E-state index >= 15 is 0 Å². The highest BCUT2D eigenvalue weighted by atomic mass is 16.1. The van der Waals surface area contributed by atoms with E-state index in [1.54, 1.807) is 0 Å². The minimum absolute atomic E-state index is 0.196. The van der Waals surface area contributed by atoms with Crippen molar-refractivity contribution >= 4 is 5.78 Å². The molecule has 1 saturated heterocycles. The van der Waals surface area contributed by atoms with Gasteiger partial charge in [-0.2, -0.15) is 0 Å². The summed E-state index contributed by atoms with van der Waals surface area (Å²) in [7, 11) is 0. The van der Waals surface area contributed by atoms with Crippen molar-refractivity contribution in [3.05, 3.63) is 35.4 Å². The lowest BCUT2D eigenvalue weighted by Gasteiger charge is -2.27. The molecule has 2 heteroatoms. The molecule has 2 aliphatic rings. The van der Waals surface area contributed by atoms with Crippen LogP contribution in [0.25, 0.3) is 0 Å². The smallest absolute Gasteiger partial charge is 0.170 e. The maximum absolute atomic E-state index is 12.6. The SMILES string of the molecule is CC1(C(=O)c2cccc(C3CCC3)c2)CCNC1. The summed E-state index contributed by atoms with van der Waals surface area (Å²) in [6.07, 6.45) is 4.87. The average Bonchev–Trinajstić information content (AvgIpc) is 2.75. The van der Waals surface area contributed by atoms with Crippen molar-refractivity contribution in [1.82, 2.24) is 5.32 Å². The Morgan fingerprint density at radius 3 is 2.83 bits per heavy atom. The second-order valence-corrected chi connectivity index (χ2v) is 6.07. The van der Waals surface area contributed by atoms with Crippen LogP contribution in [0.4, 0.5) is 0 Å². The molecule has 1 aromatic carbocycles. The molecule has 1 aliphatic heterocycles. The molecule has 2 nitrogen and oxygen atoms in total. The van der Waals surface area contributed by atoms with Crippen molar-refractivity contribution in [2.75, 3.05) is 13.1 Å². The normalized spacial score (nSPS) is 28.1. The third-order valence-corrected chi connectivity index (χ3v) is 4.64. The Morgan fingerprint density at radius 2 is 2.22 bits per heavy atom. The van der Waals surface area contributed by atoms with Gasteiger partial charge in [0.05, 0.1) is 0 Å². The van der Waals surface area contributed by atoms with Gasteiger partial charge in [-0.1, -0.05) is 31.5 Å². The van der Waals surface area contributed by atoms with E-state index in [0.29, 0.717) is 11.7 Å². The largest absolute Gasteiger partial charge is 0.316 e. The van der Waals surface area contributed by atoms with Gasteiger partial charge in [0, 0.05) is 17.5 Å². The second-order valence-electron chi connectivity index (χ2n) is 6.07. The predicted molar refractivity (Wildman–Crippen MR) is 73.0 cm³/mol. The summed E-state index contributed by atoms with van der Waals surface area (Å²) in [5.74, 6) is 1.01. The zero-order valence-corrected chi connectivity index (χ0v) is 11.0. The fourth-order valence-corrected chi connectivity index (χ4v) is 3.03. The molecule has 96 valence electrons. The van der Waals surface area contributed by atoms with Crippen molar-refractivity contribution in [3.8, 4) is 0 Å². The highest BCUT2D eigenvalue weighted by Crippen LogP contribution is 2.37. The standard InChI is InChI=1S/C16H21NO/c1-16(8-9-17-11-16)15(18)14-7-3-6-13(10-14)12-4-2-5-12/h3,6-7,10,12,17H,2,4-5,8-9,11H2,1H3. The number of hydrogen-bond acceptors (Lipinski definition) is 2. The van der Waals surface area contributed by atoms with Crippen LogP contribution in [0, 0.1) is 5.41 Å². The van der Waals surface area contributed by atoms with Crippen molar-refractivity contribution in [3.63, 3.8) is 0 Å². The van der Waals surface area contributed by atoms with Gasteiger partial charge in [-0.15, -0.1) is 0 Å². The predicted octanol–water partition coefficient (Wildman–Crippen LogP) is 3.14. The quantitative estimate of drug-likeness (QED) is 0.826. The number of benzene rings is 1. The molecule has 18 heavy (non-hydrogen) atoms. The molecule has 3 rings (SSSR count). The van der Waals surface area contributed by atoms with Gasteiger partial charge in [0.1, 0.15) is 0 Å². The molecular formula is C16H21NO. The summed E-state index contributed by atoms with van der Waals surface area (Å²) in [6, 6.07) is 8.34. The number of Topliss-reactive ketones (excluding diaryl/α,β-unsaturated/α-hetero) is 1. The number of carbonyl (C=O) groups excluding carboxylic acids is 1. The Balaban J connectivity index is 1.84. The first-order valence-electron chi connectivity index (χ1n) is 7.04. The second kappa shape index (κ2) is 4.51. The summed E-state index contributed by atoms with van der Waals surface area (Å²) in [6.45, 7) is 3.87. The minimum atomic E-state index is -0.196. The molecule has 1 aliphatic carbocycles. The summed E-state index contributed by atoms with van der Waals surface area (Å²) >= 11 is 0. The first-order chi connectivity index (χ1) is 8.69. The van der Waals surface area contributed by atoms with Crippen molar-refractivity contribution < 1.29 is 4.79 Å². The maximum Gasteiger partial charge on any atom is 0.170 e. The molecule has 0 spiro atoms. The van der Waals surface area contributed by atoms with Crippen molar-refractivity contribution in [2.45, 2.75) is 38.5 Å². The van der Waals surface area contributed by atoms with Crippen LogP contribution in [0.1, 0.15) is 54.4 Å². The Bertz CT molecular complexity index is 456. The molecule has 0 bridgehead atoms. The maximum atomic E-state index is 12.6. The van der Waals surface area contributed by atoms with Crippen LogP contribution < -0.4 is 5.32 Å². The molecule has 0 amide bonds. The van der Waals surface area contributed by atoms with E-state index in [1.165, 1.54) is 24.8 Å².